The molecule has 0 aromatic heterocycles. The maximum atomic E-state index is 11.8. The zero-order valence-electron chi connectivity index (χ0n) is 18.3. The summed E-state index contributed by atoms with van der Waals surface area (Å²) in [6.45, 7) is 0.218. The van der Waals surface area contributed by atoms with Gasteiger partial charge in [-0.2, -0.15) is 0 Å². The van der Waals surface area contributed by atoms with Gasteiger partial charge in [-0.15, -0.1) is 0 Å². The summed E-state index contributed by atoms with van der Waals surface area (Å²) in [6, 6.07) is 6.67. The molecule has 0 amide bonds. The lowest BCUT2D eigenvalue weighted by Crippen LogP contribution is -2.15. The Balaban J connectivity index is 2.31. The van der Waals surface area contributed by atoms with E-state index in [1.807, 2.05) is 0 Å². The standard InChI is InChI=1S/C20H24N6O8/c21-25-23-6-2-8-31-17(27)11-19(29)33-13-15-4-1-5-16(10-15)14-34-20(30)12-18(28)32-9-3-7-24-26-22/h1,4-5,10H,2-3,6-9,11-14H2. The highest BCUT2D eigenvalue weighted by Crippen LogP contribution is 2.09. The highest BCUT2D eigenvalue weighted by atomic mass is 16.6. The van der Waals surface area contributed by atoms with Crippen molar-refractivity contribution in [3.8, 4) is 0 Å². The van der Waals surface area contributed by atoms with Crippen LogP contribution in [0.2, 0.25) is 0 Å². The van der Waals surface area contributed by atoms with Crippen LogP contribution in [0.1, 0.15) is 36.8 Å². The van der Waals surface area contributed by atoms with E-state index in [0.717, 1.165) is 0 Å². The molecule has 0 spiro atoms. The van der Waals surface area contributed by atoms with E-state index in [9.17, 15) is 19.2 Å². The van der Waals surface area contributed by atoms with Crippen LogP contribution in [0.3, 0.4) is 0 Å². The fourth-order valence-electron chi connectivity index (χ4n) is 2.31. The SMILES string of the molecule is [N-]=[N+]=NCCCOC(=O)CC(=O)OCc1cccc(COC(=O)CC(=O)OCCCN=[N+]=[N-])c1. The van der Waals surface area contributed by atoms with Crippen molar-refractivity contribution < 1.29 is 38.1 Å². The Morgan fingerprint density at radius 3 is 1.53 bits per heavy atom. The third-order valence-corrected chi connectivity index (χ3v) is 3.83. The molecule has 182 valence electrons. The largest absolute Gasteiger partial charge is 0.465 e. The maximum absolute atomic E-state index is 11.8. The second-order valence-electron chi connectivity index (χ2n) is 6.55. The summed E-state index contributed by atoms with van der Waals surface area (Å²) in [5.41, 5.74) is 17.5. The van der Waals surface area contributed by atoms with Crippen molar-refractivity contribution >= 4 is 23.9 Å². The number of hydrogen-bond donors (Lipinski definition) is 0. The Bertz CT molecular complexity index is 869. The molecule has 0 saturated heterocycles. The van der Waals surface area contributed by atoms with Gasteiger partial charge in [0, 0.05) is 22.9 Å². The molecule has 1 rings (SSSR count). The molecule has 34 heavy (non-hydrogen) atoms. The average Bonchev–Trinajstić information content (AvgIpc) is 2.81. The van der Waals surface area contributed by atoms with E-state index in [-0.39, 0.29) is 39.5 Å². The first-order valence-electron chi connectivity index (χ1n) is 10.2. The molecular weight excluding hydrogens is 452 g/mol. The lowest BCUT2D eigenvalue weighted by atomic mass is 10.1. The Morgan fingerprint density at radius 1 is 0.706 bits per heavy atom. The molecule has 0 heterocycles. The van der Waals surface area contributed by atoms with Crippen LogP contribution in [0.5, 0.6) is 0 Å². The zero-order valence-corrected chi connectivity index (χ0v) is 18.3. The monoisotopic (exact) mass is 476 g/mol. The lowest BCUT2D eigenvalue weighted by Gasteiger charge is -2.08. The summed E-state index contributed by atoms with van der Waals surface area (Å²) >= 11 is 0. The summed E-state index contributed by atoms with van der Waals surface area (Å²) in [5, 5.41) is 6.58. The van der Waals surface area contributed by atoms with Crippen LogP contribution < -0.4 is 0 Å². The van der Waals surface area contributed by atoms with Gasteiger partial charge in [0.25, 0.3) is 0 Å². The predicted molar refractivity (Wildman–Crippen MR) is 114 cm³/mol. The number of carbonyl (C=O) groups excluding carboxylic acids is 4. The van der Waals surface area contributed by atoms with Crippen molar-refractivity contribution in [2.24, 2.45) is 10.2 Å². The van der Waals surface area contributed by atoms with Crippen LogP contribution in [0.25, 0.3) is 20.9 Å². The Hall–Kier alpha value is -4.28. The third kappa shape index (κ3) is 13.9. The van der Waals surface area contributed by atoms with E-state index >= 15 is 0 Å². The summed E-state index contributed by atoms with van der Waals surface area (Å²) < 4.78 is 19.7. The Kier molecular flexibility index (Phi) is 14.1. The van der Waals surface area contributed by atoms with Crippen molar-refractivity contribution in [1.82, 2.24) is 0 Å². The van der Waals surface area contributed by atoms with Crippen LogP contribution in [-0.4, -0.2) is 50.2 Å². The molecular formula is C20H24N6O8. The molecule has 0 N–H and O–H groups in total. The second-order valence-corrected chi connectivity index (χ2v) is 6.55. The molecule has 0 fully saturated rings. The fraction of sp³-hybridized carbons (Fsp3) is 0.500. The number of hydrogen-bond acceptors (Lipinski definition) is 10. The minimum absolute atomic E-state index is 0.0288. The number of rotatable bonds is 16. The summed E-state index contributed by atoms with van der Waals surface area (Å²) in [4.78, 5) is 51.8. The van der Waals surface area contributed by atoms with Crippen LogP contribution >= 0.6 is 0 Å². The Morgan fingerprint density at radius 2 is 1.12 bits per heavy atom. The summed E-state index contributed by atoms with van der Waals surface area (Å²) in [7, 11) is 0. The lowest BCUT2D eigenvalue weighted by molar-refractivity contribution is -0.157. The first-order valence-corrected chi connectivity index (χ1v) is 10.2. The molecule has 0 unspecified atom stereocenters. The van der Waals surface area contributed by atoms with Gasteiger partial charge >= 0.3 is 23.9 Å². The normalized spacial score (nSPS) is 9.65. The molecule has 0 saturated carbocycles. The van der Waals surface area contributed by atoms with Gasteiger partial charge in [-0.1, -0.05) is 28.4 Å². The second kappa shape index (κ2) is 17.3. The first kappa shape index (κ1) is 27.8. The molecule has 1 aromatic carbocycles. The van der Waals surface area contributed by atoms with E-state index in [0.29, 0.717) is 24.0 Å². The van der Waals surface area contributed by atoms with Gasteiger partial charge in [0.2, 0.25) is 0 Å². The minimum atomic E-state index is -0.769. The van der Waals surface area contributed by atoms with E-state index in [1.54, 1.807) is 24.3 Å². The van der Waals surface area contributed by atoms with Crippen LogP contribution in [0, 0.1) is 0 Å². The van der Waals surface area contributed by atoms with Crippen molar-refractivity contribution in [3.05, 3.63) is 56.3 Å². The molecule has 0 radical (unpaired) electrons. The highest BCUT2D eigenvalue weighted by Gasteiger charge is 2.14. The highest BCUT2D eigenvalue weighted by molar-refractivity contribution is 5.91. The first-order chi connectivity index (χ1) is 16.4. The van der Waals surface area contributed by atoms with Crippen molar-refractivity contribution in [2.45, 2.75) is 38.9 Å². The molecule has 1 aromatic rings. The maximum Gasteiger partial charge on any atom is 0.317 e. The quantitative estimate of drug-likeness (QED) is 0.0658. The van der Waals surface area contributed by atoms with E-state index < -0.39 is 36.7 Å². The molecule has 0 atom stereocenters. The van der Waals surface area contributed by atoms with Gasteiger partial charge in [0.15, 0.2) is 0 Å². The topological polar surface area (TPSA) is 203 Å². The Labute approximate surface area is 194 Å². The number of benzene rings is 1. The van der Waals surface area contributed by atoms with Gasteiger partial charge in [0.1, 0.15) is 26.1 Å². The van der Waals surface area contributed by atoms with Gasteiger partial charge in [0.05, 0.1) is 13.2 Å². The molecule has 0 aliphatic rings. The number of carbonyl (C=O) groups is 4. The van der Waals surface area contributed by atoms with Crippen molar-refractivity contribution in [3.63, 3.8) is 0 Å². The molecule has 0 bridgehead atoms. The third-order valence-electron chi connectivity index (χ3n) is 3.83. The summed E-state index contributed by atoms with van der Waals surface area (Å²) in [5.74, 6) is -3.04. The number of azide groups is 2. The van der Waals surface area contributed by atoms with Crippen LogP contribution in [0.15, 0.2) is 34.5 Å². The minimum Gasteiger partial charge on any atom is -0.465 e. The van der Waals surface area contributed by atoms with Gasteiger partial charge in [-0.3, -0.25) is 19.2 Å². The summed E-state index contributed by atoms with van der Waals surface area (Å²) in [6.07, 6.45) is -0.411. The van der Waals surface area contributed by atoms with Crippen molar-refractivity contribution in [1.29, 1.82) is 0 Å². The number of nitrogens with zero attached hydrogens (tertiary/aromatic N) is 6. The van der Waals surface area contributed by atoms with Crippen molar-refractivity contribution in [2.75, 3.05) is 26.3 Å². The van der Waals surface area contributed by atoms with Gasteiger partial charge in [-0.05, 0) is 41.1 Å². The van der Waals surface area contributed by atoms with Crippen LogP contribution in [-0.2, 0) is 51.3 Å². The molecule has 14 heteroatoms. The molecule has 0 aliphatic carbocycles. The number of ether oxygens (including phenoxy) is 4. The van der Waals surface area contributed by atoms with E-state index in [4.69, 9.17) is 30.0 Å². The zero-order chi connectivity index (χ0) is 25.0. The van der Waals surface area contributed by atoms with Gasteiger partial charge in [-0.25, -0.2) is 0 Å². The van der Waals surface area contributed by atoms with Crippen LogP contribution in [0.4, 0.5) is 0 Å². The number of esters is 4. The molecule has 14 nitrogen and oxygen atoms in total. The predicted octanol–water partition coefficient (Wildman–Crippen LogP) is 3.04. The average molecular weight is 476 g/mol. The van der Waals surface area contributed by atoms with E-state index in [2.05, 4.69) is 20.1 Å². The van der Waals surface area contributed by atoms with E-state index in [1.165, 1.54) is 0 Å². The molecule has 0 aliphatic heterocycles. The smallest absolute Gasteiger partial charge is 0.317 e. The van der Waals surface area contributed by atoms with Gasteiger partial charge < -0.3 is 18.9 Å². The fourth-order valence-corrected chi connectivity index (χ4v) is 2.31.